The molecular formula is C16H21FN2O. The van der Waals surface area contributed by atoms with Gasteiger partial charge in [-0.2, -0.15) is 0 Å². The Hall–Kier alpha value is -1.42. The van der Waals surface area contributed by atoms with Gasteiger partial charge in [0.05, 0.1) is 5.56 Å². The second-order valence-corrected chi connectivity index (χ2v) is 5.92. The topological polar surface area (TPSA) is 23.6 Å². The van der Waals surface area contributed by atoms with Crippen molar-refractivity contribution in [3.63, 3.8) is 0 Å². The number of hydrogen-bond donors (Lipinski definition) is 0. The van der Waals surface area contributed by atoms with Crippen LogP contribution in [0.5, 0.6) is 0 Å². The molecule has 1 aromatic carbocycles. The first-order valence-electron chi connectivity index (χ1n) is 7.44. The molecule has 0 bridgehead atoms. The third-order valence-corrected chi connectivity index (χ3v) is 4.45. The average molecular weight is 276 g/mol. The van der Waals surface area contributed by atoms with Crippen LogP contribution in [0.2, 0.25) is 0 Å². The van der Waals surface area contributed by atoms with Crippen molar-refractivity contribution in [2.75, 3.05) is 26.2 Å². The number of rotatable bonds is 1. The van der Waals surface area contributed by atoms with Crippen LogP contribution >= 0.6 is 0 Å². The molecule has 4 heteroatoms. The summed E-state index contributed by atoms with van der Waals surface area (Å²) in [6.07, 6.45) is 3.35. The smallest absolute Gasteiger partial charge is 0.256 e. The highest BCUT2D eigenvalue weighted by molar-refractivity contribution is 5.94. The largest absolute Gasteiger partial charge is 0.337 e. The van der Waals surface area contributed by atoms with Crippen LogP contribution in [-0.4, -0.2) is 47.9 Å². The first-order valence-corrected chi connectivity index (χ1v) is 7.44. The van der Waals surface area contributed by atoms with Crippen LogP contribution in [-0.2, 0) is 0 Å². The van der Waals surface area contributed by atoms with E-state index in [9.17, 15) is 9.18 Å². The van der Waals surface area contributed by atoms with Gasteiger partial charge in [0.2, 0.25) is 0 Å². The summed E-state index contributed by atoms with van der Waals surface area (Å²) in [7, 11) is 0. The summed E-state index contributed by atoms with van der Waals surface area (Å²) in [6, 6.07) is 5.32. The van der Waals surface area contributed by atoms with E-state index >= 15 is 0 Å². The van der Waals surface area contributed by atoms with Crippen LogP contribution in [0.3, 0.4) is 0 Å². The molecule has 0 aliphatic carbocycles. The van der Waals surface area contributed by atoms with Crippen molar-refractivity contribution < 1.29 is 9.18 Å². The summed E-state index contributed by atoms with van der Waals surface area (Å²) in [6.45, 7) is 5.52. The van der Waals surface area contributed by atoms with E-state index in [-0.39, 0.29) is 11.5 Å². The first kappa shape index (κ1) is 13.6. The van der Waals surface area contributed by atoms with E-state index in [1.165, 1.54) is 12.5 Å². The molecule has 1 atom stereocenters. The monoisotopic (exact) mass is 276 g/mol. The van der Waals surface area contributed by atoms with Gasteiger partial charge in [0.25, 0.3) is 5.91 Å². The Bertz CT molecular complexity index is 517. The predicted octanol–water partition coefficient (Wildman–Crippen LogP) is 2.44. The van der Waals surface area contributed by atoms with Crippen molar-refractivity contribution in [2.45, 2.75) is 32.2 Å². The molecule has 2 heterocycles. The molecule has 1 amide bonds. The van der Waals surface area contributed by atoms with Crippen LogP contribution < -0.4 is 0 Å². The van der Waals surface area contributed by atoms with Crippen LogP contribution in [0.15, 0.2) is 18.2 Å². The van der Waals surface area contributed by atoms with Crippen molar-refractivity contribution in [3.8, 4) is 0 Å². The van der Waals surface area contributed by atoms with Gasteiger partial charge >= 0.3 is 0 Å². The molecular weight excluding hydrogens is 255 g/mol. The highest BCUT2D eigenvalue weighted by Gasteiger charge is 2.31. The normalized spacial score (nSPS) is 23.5. The number of halogens is 1. The summed E-state index contributed by atoms with van der Waals surface area (Å²) in [5.41, 5.74) is 1.05. The van der Waals surface area contributed by atoms with Crippen molar-refractivity contribution >= 4 is 5.91 Å². The Kier molecular flexibility index (Phi) is 3.74. The minimum atomic E-state index is -0.400. The van der Waals surface area contributed by atoms with E-state index in [0.29, 0.717) is 6.04 Å². The third kappa shape index (κ3) is 2.57. The average Bonchev–Trinajstić information content (AvgIpc) is 2.75. The molecule has 2 saturated heterocycles. The summed E-state index contributed by atoms with van der Waals surface area (Å²) < 4.78 is 14.0. The SMILES string of the molecule is Cc1ccc(C(=O)N2CCCN3CCCC3C2)c(F)c1. The molecule has 2 aliphatic rings. The summed E-state index contributed by atoms with van der Waals surface area (Å²) in [5, 5.41) is 0. The summed E-state index contributed by atoms with van der Waals surface area (Å²) in [5.74, 6) is -0.557. The van der Waals surface area contributed by atoms with E-state index in [4.69, 9.17) is 0 Å². The molecule has 2 fully saturated rings. The lowest BCUT2D eigenvalue weighted by atomic mass is 10.1. The van der Waals surface area contributed by atoms with Gasteiger partial charge in [-0.25, -0.2) is 4.39 Å². The maximum absolute atomic E-state index is 14.0. The fraction of sp³-hybridized carbons (Fsp3) is 0.562. The van der Waals surface area contributed by atoms with E-state index in [2.05, 4.69) is 4.90 Å². The van der Waals surface area contributed by atoms with Gasteiger partial charge in [-0.1, -0.05) is 6.07 Å². The number of aryl methyl sites for hydroxylation is 1. The zero-order valence-electron chi connectivity index (χ0n) is 11.9. The van der Waals surface area contributed by atoms with Crippen molar-refractivity contribution in [3.05, 3.63) is 35.1 Å². The standard InChI is InChI=1S/C16H21FN2O/c1-12-5-6-14(15(17)10-12)16(20)19-9-3-8-18-7-2-4-13(18)11-19/h5-6,10,13H,2-4,7-9,11H2,1H3. The molecule has 0 N–H and O–H groups in total. The number of carbonyl (C=O) groups excluding carboxylic acids is 1. The Morgan fingerprint density at radius 1 is 1.25 bits per heavy atom. The fourth-order valence-electron chi connectivity index (χ4n) is 3.36. The van der Waals surface area contributed by atoms with Gasteiger partial charge in [-0.3, -0.25) is 9.69 Å². The van der Waals surface area contributed by atoms with E-state index in [1.807, 2.05) is 11.8 Å². The molecule has 1 unspecified atom stereocenters. The summed E-state index contributed by atoms with van der Waals surface area (Å²) >= 11 is 0. The highest BCUT2D eigenvalue weighted by Crippen LogP contribution is 2.23. The molecule has 0 saturated carbocycles. The van der Waals surface area contributed by atoms with Crippen molar-refractivity contribution in [1.29, 1.82) is 0 Å². The lowest BCUT2D eigenvalue weighted by Gasteiger charge is -2.25. The molecule has 2 aliphatic heterocycles. The minimum absolute atomic E-state index is 0.156. The molecule has 3 nitrogen and oxygen atoms in total. The molecule has 20 heavy (non-hydrogen) atoms. The van der Waals surface area contributed by atoms with Gasteiger partial charge in [-0.05, 0) is 50.4 Å². The van der Waals surface area contributed by atoms with Gasteiger partial charge in [-0.15, -0.1) is 0 Å². The summed E-state index contributed by atoms with van der Waals surface area (Å²) in [4.78, 5) is 16.8. The van der Waals surface area contributed by atoms with E-state index in [0.717, 1.165) is 44.6 Å². The second kappa shape index (κ2) is 5.52. The molecule has 108 valence electrons. The number of hydrogen-bond acceptors (Lipinski definition) is 2. The van der Waals surface area contributed by atoms with E-state index in [1.54, 1.807) is 12.1 Å². The number of nitrogens with zero attached hydrogens (tertiary/aromatic N) is 2. The molecule has 0 radical (unpaired) electrons. The fourth-order valence-corrected chi connectivity index (χ4v) is 3.36. The van der Waals surface area contributed by atoms with Gasteiger partial charge in [0.1, 0.15) is 5.82 Å². The highest BCUT2D eigenvalue weighted by atomic mass is 19.1. The van der Waals surface area contributed by atoms with Gasteiger partial charge < -0.3 is 4.90 Å². The molecule has 0 aromatic heterocycles. The van der Waals surface area contributed by atoms with Crippen molar-refractivity contribution in [2.24, 2.45) is 0 Å². The Balaban J connectivity index is 1.79. The zero-order chi connectivity index (χ0) is 14.1. The van der Waals surface area contributed by atoms with Crippen LogP contribution in [0.1, 0.15) is 35.2 Å². The lowest BCUT2D eigenvalue weighted by molar-refractivity contribution is 0.0738. The molecule has 3 rings (SSSR count). The van der Waals surface area contributed by atoms with E-state index < -0.39 is 5.82 Å². The number of fused-ring (bicyclic) bond motifs is 1. The Morgan fingerprint density at radius 3 is 2.85 bits per heavy atom. The minimum Gasteiger partial charge on any atom is -0.337 e. The maximum atomic E-state index is 14.0. The number of amides is 1. The van der Waals surface area contributed by atoms with Crippen LogP contribution in [0.4, 0.5) is 4.39 Å². The number of benzene rings is 1. The van der Waals surface area contributed by atoms with Crippen LogP contribution in [0.25, 0.3) is 0 Å². The molecule has 0 spiro atoms. The second-order valence-electron chi connectivity index (χ2n) is 5.92. The zero-order valence-corrected chi connectivity index (χ0v) is 11.9. The quantitative estimate of drug-likeness (QED) is 0.786. The Morgan fingerprint density at radius 2 is 2.05 bits per heavy atom. The maximum Gasteiger partial charge on any atom is 0.256 e. The van der Waals surface area contributed by atoms with Crippen molar-refractivity contribution in [1.82, 2.24) is 9.80 Å². The molecule has 1 aromatic rings. The lowest BCUT2D eigenvalue weighted by Crippen LogP contribution is -2.39. The van der Waals surface area contributed by atoms with Gasteiger partial charge in [0.15, 0.2) is 0 Å². The van der Waals surface area contributed by atoms with Gasteiger partial charge in [0, 0.05) is 25.7 Å². The number of carbonyl (C=O) groups is 1. The predicted molar refractivity (Wildman–Crippen MR) is 76.3 cm³/mol. The first-order chi connectivity index (χ1) is 9.65. The Labute approximate surface area is 119 Å². The third-order valence-electron chi connectivity index (χ3n) is 4.45. The van der Waals surface area contributed by atoms with Crippen LogP contribution in [0, 0.1) is 12.7 Å².